The molecular weight excluding hydrogens is 136 g/mol. The molecule has 0 amide bonds. The van der Waals surface area contributed by atoms with Gasteiger partial charge in [0, 0.05) is 12.0 Å². The number of carbonyl (C=O) groups excluding carboxylic acids is 1. The first kappa shape index (κ1) is 8.25. The zero-order valence-electron chi connectivity index (χ0n) is 7.24. The maximum absolute atomic E-state index is 11.3. The molecule has 1 aliphatic rings. The third kappa shape index (κ3) is 1.42. The van der Waals surface area contributed by atoms with Crippen LogP contribution < -0.4 is 0 Å². The zero-order valence-corrected chi connectivity index (χ0v) is 7.24. The summed E-state index contributed by atoms with van der Waals surface area (Å²) in [5.41, 5.74) is 3.15. The van der Waals surface area contributed by atoms with E-state index in [-0.39, 0.29) is 5.78 Å². The van der Waals surface area contributed by atoms with Crippen LogP contribution in [-0.4, -0.2) is 5.78 Å². The van der Waals surface area contributed by atoms with Crippen LogP contribution >= 0.6 is 0 Å². The number of hydrogen-bond donors (Lipinski definition) is 0. The summed E-state index contributed by atoms with van der Waals surface area (Å²) in [6, 6.07) is 0. The first-order valence-electron chi connectivity index (χ1n) is 4.08. The quantitative estimate of drug-likeness (QED) is 0.591. The van der Waals surface area contributed by atoms with Gasteiger partial charge in [-0.1, -0.05) is 19.1 Å². The highest BCUT2D eigenvalue weighted by molar-refractivity contribution is 6.02. The molecule has 0 aromatic rings. The Bertz CT molecular complexity index is 233. The highest BCUT2D eigenvalue weighted by Gasteiger charge is 2.21. The van der Waals surface area contributed by atoms with Crippen LogP contribution in [0.15, 0.2) is 23.3 Å². The number of rotatable bonds is 2. The van der Waals surface area contributed by atoms with Crippen molar-refractivity contribution in [2.45, 2.75) is 33.1 Å². The molecule has 0 saturated heterocycles. The van der Waals surface area contributed by atoms with Crippen molar-refractivity contribution in [3.05, 3.63) is 23.3 Å². The molecule has 0 fully saturated rings. The van der Waals surface area contributed by atoms with E-state index in [1.807, 2.05) is 6.92 Å². The van der Waals surface area contributed by atoms with Crippen LogP contribution in [0.2, 0.25) is 0 Å². The van der Waals surface area contributed by atoms with Gasteiger partial charge in [0.05, 0.1) is 0 Å². The lowest BCUT2D eigenvalue weighted by atomic mass is 10.0. The van der Waals surface area contributed by atoms with Crippen molar-refractivity contribution < 1.29 is 4.79 Å². The zero-order chi connectivity index (χ0) is 8.43. The van der Waals surface area contributed by atoms with Gasteiger partial charge in [0.15, 0.2) is 5.78 Å². The molecule has 0 aromatic carbocycles. The third-order valence-electron chi connectivity index (χ3n) is 2.14. The summed E-state index contributed by atoms with van der Waals surface area (Å²) < 4.78 is 0. The Kier molecular flexibility index (Phi) is 2.28. The molecule has 0 unspecified atom stereocenters. The van der Waals surface area contributed by atoms with Crippen molar-refractivity contribution >= 4 is 5.78 Å². The summed E-state index contributed by atoms with van der Waals surface area (Å²) in [5.74, 6) is 0.286. The summed E-state index contributed by atoms with van der Waals surface area (Å²) in [5, 5.41) is 0. The third-order valence-corrected chi connectivity index (χ3v) is 2.14. The van der Waals surface area contributed by atoms with Crippen LogP contribution in [0, 0.1) is 0 Å². The molecule has 0 aliphatic heterocycles. The Labute approximate surface area is 67.8 Å². The Morgan fingerprint density at radius 1 is 1.55 bits per heavy atom. The smallest absolute Gasteiger partial charge is 0.163 e. The van der Waals surface area contributed by atoms with Gasteiger partial charge in [-0.05, 0) is 25.3 Å². The first-order chi connectivity index (χ1) is 5.16. The highest BCUT2D eigenvalue weighted by Crippen LogP contribution is 2.29. The largest absolute Gasteiger partial charge is 0.294 e. The second-order valence-electron chi connectivity index (χ2n) is 3.04. The van der Waals surface area contributed by atoms with Crippen molar-refractivity contribution in [2.24, 2.45) is 0 Å². The minimum Gasteiger partial charge on any atom is -0.294 e. The monoisotopic (exact) mass is 150 g/mol. The van der Waals surface area contributed by atoms with Crippen LogP contribution in [0.1, 0.15) is 33.1 Å². The molecular formula is C10H14O. The fourth-order valence-corrected chi connectivity index (χ4v) is 1.60. The Morgan fingerprint density at radius 3 is 2.55 bits per heavy atom. The van der Waals surface area contributed by atoms with E-state index >= 15 is 0 Å². The van der Waals surface area contributed by atoms with Gasteiger partial charge in [-0.25, -0.2) is 0 Å². The van der Waals surface area contributed by atoms with E-state index in [4.69, 9.17) is 0 Å². The molecule has 0 aromatic heterocycles. The van der Waals surface area contributed by atoms with Crippen molar-refractivity contribution in [1.29, 1.82) is 0 Å². The Balaban J connectivity index is 2.99. The average molecular weight is 150 g/mol. The van der Waals surface area contributed by atoms with Crippen LogP contribution in [0.4, 0.5) is 0 Å². The van der Waals surface area contributed by atoms with E-state index in [1.54, 1.807) is 0 Å². The van der Waals surface area contributed by atoms with Gasteiger partial charge in [-0.2, -0.15) is 0 Å². The van der Waals surface area contributed by atoms with E-state index < -0.39 is 0 Å². The number of ketones is 1. The lowest BCUT2D eigenvalue weighted by Crippen LogP contribution is -1.96. The summed E-state index contributed by atoms with van der Waals surface area (Å²) >= 11 is 0. The molecule has 0 saturated carbocycles. The van der Waals surface area contributed by atoms with Crippen LogP contribution in [0.3, 0.4) is 0 Å². The maximum atomic E-state index is 11.3. The topological polar surface area (TPSA) is 17.1 Å². The lowest BCUT2D eigenvalue weighted by Gasteiger charge is -2.01. The molecule has 0 N–H and O–H groups in total. The molecule has 1 aliphatic carbocycles. The van der Waals surface area contributed by atoms with Gasteiger partial charge < -0.3 is 0 Å². The van der Waals surface area contributed by atoms with Crippen LogP contribution in [-0.2, 0) is 4.79 Å². The van der Waals surface area contributed by atoms with Crippen molar-refractivity contribution in [1.82, 2.24) is 0 Å². The van der Waals surface area contributed by atoms with Gasteiger partial charge in [-0.15, -0.1) is 0 Å². The van der Waals surface area contributed by atoms with Gasteiger partial charge in [0.25, 0.3) is 0 Å². The number of Topliss-reactive ketones (excluding diaryl/α,β-unsaturated/α-hetero) is 1. The minimum atomic E-state index is 0.286. The number of hydrogen-bond acceptors (Lipinski definition) is 1. The molecule has 1 rings (SSSR count). The summed E-state index contributed by atoms with van der Waals surface area (Å²) in [6.45, 7) is 7.81. The van der Waals surface area contributed by atoms with Gasteiger partial charge in [0.1, 0.15) is 0 Å². The molecule has 1 heteroatoms. The van der Waals surface area contributed by atoms with Crippen molar-refractivity contribution in [3.8, 4) is 0 Å². The SMILES string of the molecule is C=C(C)C1=C(CC)CCC1=O. The Morgan fingerprint density at radius 2 is 2.18 bits per heavy atom. The van der Waals surface area contributed by atoms with E-state index in [9.17, 15) is 4.79 Å². The predicted molar refractivity (Wildman–Crippen MR) is 46.4 cm³/mol. The van der Waals surface area contributed by atoms with E-state index in [2.05, 4.69) is 13.5 Å². The van der Waals surface area contributed by atoms with Crippen LogP contribution in [0.5, 0.6) is 0 Å². The van der Waals surface area contributed by atoms with Crippen LogP contribution in [0.25, 0.3) is 0 Å². The molecule has 0 heterocycles. The summed E-state index contributed by atoms with van der Waals surface area (Å²) in [6.07, 6.45) is 2.65. The number of carbonyl (C=O) groups is 1. The second-order valence-corrected chi connectivity index (χ2v) is 3.04. The normalized spacial score (nSPS) is 17.8. The molecule has 60 valence electrons. The fourth-order valence-electron chi connectivity index (χ4n) is 1.60. The predicted octanol–water partition coefficient (Wildman–Crippen LogP) is 2.63. The summed E-state index contributed by atoms with van der Waals surface area (Å²) in [4.78, 5) is 11.3. The van der Waals surface area contributed by atoms with Gasteiger partial charge >= 0.3 is 0 Å². The van der Waals surface area contributed by atoms with Gasteiger partial charge in [-0.3, -0.25) is 4.79 Å². The molecule has 11 heavy (non-hydrogen) atoms. The maximum Gasteiger partial charge on any atom is 0.163 e. The average Bonchev–Trinajstić information content (AvgIpc) is 2.30. The Hall–Kier alpha value is -0.850. The van der Waals surface area contributed by atoms with E-state index in [0.29, 0.717) is 6.42 Å². The second kappa shape index (κ2) is 3.04. The van der Waals surface area contributed by atoms with Gasteiger partial charge in [0.2, 0.25) is 0 Å². The van der Waals surface area contributed by atoms with Crippen molar-refractivity contribution in [2.75, 3.05) is 0 Å². The lowest BCUT2D eigenvalue weighted by molar-refractivity contribution is -0.114. The summed E-state index contributed by atoms with van der Waals surface area (Å²) in [7, 11) is 0. The molecule has 1 nitrogen and oxygen atoms in total. The highest BCUT2D eigenvalue weighted by atomic mass is 16.1. The first-order valence-corrected chi connectivity index (χ1v) is 4.08. The minimum absolute atomic E-state index is 0.286. The molecule has 0 radical (unpaired) electrons. The molecule has 0 atom stereocenters. The molecule has 0 spiro atoms. The molecule has 0 bridgehead atoms. The van der Waals surface area contributed by atoms with E-state index in [1.165, 1.54) is 5.57 Å². The van der Waals surface area contributed by atoms with E-state index in [0.717, 1.165) is 24.0 Å². The standard InChI is InChI=1S/C10H14O/c1-4-8-5-6-9(11)10(8)7(2)3/h2,4-6H2,1,3H3. The fraction of sp³-hybridized carbons (Fsp3) is 0.500. The van der Waals surface area contributed by atoms with Crippen molar-refractivity contribution in [3.63, 3.8) is 0 Å². The number of allylic oxidation sites excluding steroid dienone is 3.